The highest BCUT2D eigenvalue weighted by atomic mass is 79.9. The van der Waals surface area contributed by atoms with Crippen LogP contribution in [0.2, 0.25) is 0 Å². The van der Waals surface area contributed by atoms with Crippen LogP contribution in [0.4, 0.5) is 9.80 Å². The summed E-state index contributed by atoms with van der Waals surface area (Å²) in [5, 5.41) is 6.53. The number of hydrogen-bond donors (Lipinski definition) is 2. The second kappa shape index (κ2) is 10.0. The van der Waals surface area contributed by atoms with E-state index >= 15 is 0 Å². The van der Waals surface area contributed by atoms with Crippen molar-refractivity contribution in [1.29, 1.82) is 0 Å². The third-order valence-electron chi connectivity index (χ3n) is 5.95. The standard InChI is InChI=1S/C22H28BrN3O3S2/c1-3-26-10-9-13-15(19(23)30-17(13)12-26)11-24-22(28)25-20-18(21(27)29-4-2)14-7-5-6-8-16(14)31-20/h3-12H2,1-2H3,(H2,24,25,28). The smallest absolute Gasteiger partial charge is 0.341 e. The van der Waals surface area contributed by atoms with Gasteiger partial charge in [0, 0.05) is 29.4 Å². The van der Waals surface area contributed by atoms with Gasteiger partial charge in [0.05, 0.1) is 16.0 Å². The van der Waals surface area contributed by atoms with Gasteiger partial charge in [0.1, 0.15) is 5.00 Å². The minimum Gasteiger partial charge on any atom is -0.462 e. The molecule has 1 aliphatic carbocycles. The molecule has 0 radical (unpaired) electrons. The van der Waals surface area contributed by atoms with E-state index in [9.17, 15) is 9.59 Å². The van der Waals surface area contributed by atoms with Crippen LogP contribution < -0.4 is 10.6 Å². The molecule has 0 spiro atoms. The van der Waals surface area contributed by atoms with Crippen molar-refractivity contribution >= 4 is 55.6 Å². The van der Waals surface area contributed by atoms with Crippen LogP contribution in [-0.4, -0.2) is 36.6 Å². The Bertz CT molecular complexity index is 985. The van der Waals surface area contributed by atoms with Crippen LogP contribution in [0, 0.1) is 0 Å². The van der Waals surface area contributed by atoms with Gasteiger partial charge in [-0.3, -0.25) is 10.2 Å². The number of esters is 1. The van der Waals surface area contributed by atoms with Crippen molar-refractivity contribution < 1.29 is 14.3 Å². The first-order valence-corrected chi connectivity index (χ1v) is 13.3. The van der Waals surface area contributed by atoms with E-state index in [1.54, 1.807) is 18.3 Å². The predicted molar refractivity (Wildman–Crippen MR) is 129 cm³/mol. The number of fused-ring (bicyclic) bond motifs is 2. The van der Waals surface area contributed by atoms with E-state index < -0.39 is 0 Å². The Morgan fingerprint density at radius 1 is 1.10 bits per heavy atom. The average Bonchev–Trinajstić information content (AvgIpc) is 3.27. The maximum atomic E-state index is 12.7. The first kappa shape index (κ1) is 22.8. The lowest BCUT2D eigenvalue weighted by Gasteiger charge is -2.25. The van der Waals surface area contributed by atoms with Gasteiger partial charge in [0.15, 0.2) is 0 Å². The summed E-state index contributed by atoms with van der Waals surface area (Å²) in [6, 6.07) is -0.290. The van der Waals surface area contributed by atoms with Crippen molar-refractivity contribution in [2.75, 3.05) is 25.0 Å². The highest BCUT2D eigenvalue weighted by Crippen LogP contribution is 2.39. The Kier molecular flexibility index (Phi) is 7.36. The summed E-state index contributed by atoms with van der Waals surface area (Å²) in [5.41, 5.74) is 4.13. The summed E-state index contributed by atoms with van der Waals surface area (Å²) >= 11 is 6.97. The van der Waals surface area contributed by atoms with Crippen LogP contribution >= 0.6 is 38.6 Å². The largest absolute Gasteiger partial charge is 0.462 e. The molecule has 2 aromatic rings. The molecular formula is C22H28BrN3O3S2. The molecule has 0 saturated heterocycles. The number of thiophene rings is 2. The fourth-order valence-corrected chi connectivity index (χ4v) is 7.69. The number of ether oxygens (including phenoxy) is 1. The first-order valence-electron chi connectivity index (χ1n) is 10.9. The molecule has 2 N–H and O–H groups in total. The zero-order valence-electron chi connectivity index (χ0n) is 17.9. The maximum Gasteiger partial charge on any atom is 0.341 e. The predicted octanol–water partition coefficient (Wildman–Crippen LogP) is 5.33. The maximum absolute atomic E-state index is 12.7. The average molecular weight is 527 g/mol. The van der Waals surface area contributed by atoms with Gasteiger partial charge in [-0.25, -0.2) is 9.59 Å². The van der Waals surface area contributed by atoms with Crippen molar-refractivity contribution in [2.24, 2.45) is 0 Å². The summed E-state index contributed by atoms with van der Waals surface area (Å²) in [6.45, 7) is 7.86. The number of aryl methyl sites for hydroxylation is 1. The number of amides is 2. The van der Waals surface area contributed by atoms with Gasteiger partial charge in [-0.1, -0.05) is 6.92 Å². The second-order valence-electron chi connectivity index (χ2n) is 7.82. The number of urea groups is 1. The lowest BCUT2D eigenvalue weighted by Crippen LogP contribution is -2.31. The van der Waals surface area contributed by atoms with E-state index in [0.717, 1.165) is 61.1 Å². The van der Waals surface area contributed by atoms with E-state index in [0.29, 0.717) is 23.7 Å². The number of halogens is 1. The fourth-order valence-electron chi connectivity index (χ4n) is 4.32. The lowest BCUT2D eigenvalue weighted by molar-refractivity contribution is 0.0526. The van der Waals surface area contributed by atoms with Crippen LogP contribution in [0.5, 0.6) is 0 Å². The molecule has 1 aliphatic heterocycles. The lowest BCUT2D eigenvalue weighted by atomic mass is 9.95. The molecule has 0 bridgehead atoms. The molecule has 9 heteroatoms. The summed E-state index contributed by atoms with van der Waals surface area (Å²) in [4.78, 5) is 30.3. The molecule has 2 aromatic heterocycles. The van der Waals surface area contributed by atoms with E-state index in [2.05, 4.69) is 38.4 Å². The number of rotatable bonds is 6. The zero-order chi connectivity index (χ0) is 22.0. The highest BCUT2D eigenvalue weighted by molar-refractivity contribution is 9.11. The van der Waals surface area contributed by atoms with Gasteiger partial charge >= 0.3 is 12.0 Å². The zero-order valence-corrected chi connectivity index (χ0v) is 21.2. The minimum absolute atomic E-state index is 0.290. The van der Waals surface area contributed by atoms with Gasteiger partial charge in [0.2, 0.25) is 0 Å². The highest BCUT2D eigenvalue weighted by Gasteiger charge is 2.28. The topological polar surface area (TPSA) is 70.7 Å². The Hall–Kier alpha value is -1.42. The van der Waals surface area contributed by atoms with Crippen molar-refractivity contribution in [3.63, 3.8) is 0 Å². The molecule has 4 rings (SSSR count). The third-order valence-corrected chi connectivity index (χ3v) is 9.17. The van der Waals surface area contributed by atoms with Crippen LogP contribution in [-0.2, 0) is 37.1 Å². The summed E-state index contributed by atoms with van der Waals surface area (Å²) < 4.78 is 6.37. The van der Waals surface area contributed by atoms with E-state index in [-0.39, 0.29) is 12.0 Å². The first-order chi connectivity index (χ1) is 15.0. The van der Waals surface area contributed by atoms with Gasteiger partial charge < -0.3 is 10.1 Å². The molecule has 3 heterocycles. The Morgan fingerprint density at radius 3 is 2.68 bits per heavy atom. The van der Waals surface area contributed by atoms with E-state index in [1.165, 1.54) is 32.2 Å². The van der Waals surface area contributed by atoms with Gasteiger partial charge in [-0.15, -0.1) is 22.7 Å². The molecule has 0 saturated carbocycles. The normalized spacial score (nSPS) is 15.8. The summed E-state index contributed by atoms with van der Waals surface area (Å²) in [7, 11) is 0. The van der Waals surface area contributed by atoms with E-state index in [1.807, 2.05) is 0 Å². The molecular weight excluding hydrogens is 498 g/mol. The fraction of sp³-hybridized carbons (Fsp3) is 0.545. The molecule has 31 heavy (non-hydrogen) atoms. The molecule has 2 amide bonds. The van der Waals surface area contributed by atoms with E-state index in [4.69, 9.17) is 4.74 Å². The number of anilines is 1. The quantitative estimate of drug-likeness (QED) is 0.500. The molecule has 6 nitrogen and oxygen atoms in total. The molecule has 168 valence electrons. The number of likely N-dealkylation sites (N-methyl/N-ethyl adjacent to an activating group) is 1. The Labute approximate surface area is 199 Å². The number of carbonyl (C=O) groups excluding carboxylic acids is 2. The number of carbonyl (C=O) groups is 2. The summed E-state index contributed by atoms with van der Waals surface area (Å²) in [5.74, 6) is -0.340. The molecule has 2 aliphatic rings. The van der Waals surface area contributed by atoms with Crippen molar-refractivity contribution in [3.05, 3.63) is 35.8 Å². The van der Waals surface area contributed by atoms with Crippen molar-refractivity contribution in [1.82, 2.24) is 10.2 Å². The monoisotopic (exact) mass is 525 g/mol. The molecule has 0 unspecified atom stereocenters. The SMILES string of the molecule is CCOC(=O)c1c(NC(=O)NCc2c(Br)sc3c2CCN(CC)C3)sc2c1CCCC2. The minimum atomic E-state index is -0.340. The Balaban J connectivity index is 1.46. The van der Waals surface area contributed by atoms with Gasteiger partial charge in [-0.2, -0.15) is 0 Å². The number of hydrogen-bond acceptors (Lipinski definition) is 6. The number of nitrogens with one attached hydrogen (secondary N) is 2. The van der Waals surface area contributed by atoms with Crippen molar-refractivity contribution in [3.8, 4) is 0 Å². The van der Waals surface area contributed by atoms with Crippen LogP contribution in [0.25, 0.3) is 0 Å². The van der Waals surface area contributed by atoms with Crippen LogP contribution in [0.3, 0.4) is 0 Å². The van der Waals surface area contributed by atoms with Gasteiger partial charge in [0.25, 0.3) is 0 Å². The van der Waals surface area contributed by atoms with Crippen LogP contribution in [0.1, 0.15) is 63.5 Å². The van der Waals surface area contributed by atoms with Crippen molar-refractivity contribution in [2.45, 2.75) is 59.0 Å². The molecule has 0 aromatic carbocycles. The number of nitrogens with zero attached hydrogens (tertiary/aromatic N) is 1. The third kappa shape index (κ3) is 4.84. The Morgan fingerprint density at radius 2 is 1.90 bits per heavy atom. The van der Waals surface area contributed by atoms with Crippen LogP contribution in [0.15, 0.2) is 3.79 Å². The second-order valence-corrected chi connectivity index (χ2v) is 11.3. The molecule has 0 atom stereocenters. The molecule has 0 fully saturated rings. The summed E-state index contributed by atoms with van der Waals surface area (Å²) in [6.07, 6.45) is 5.02. The van der Waals surface area contributed by atoms with Gasteiger partial charge in [-0.05, 0) is 78.2 Å².